The third-order valence-electron chi connectivity index (χ3n) is 3.45. The maximum atomic E-state index is 9.41. The minimum absolute atomic E-state index is 0.0288. The zero-order chi connectivity index (χ0) is 10.1. The molecule has 1 N–H and O–H groups in total. The van der Waals surface area contributed by atoms with Gasteiger partial charge in [-0.15, -0.1) is 0 Å². The van der Waals surface area contributed by atoms with E-state index in [1.807, 2.05) is 13.8 Å². The smallest absolute Gasteiger partial charge is 0.0545 e. The molecule has 2 rings (SSSR count). The Hall–Kier alpha value is -0.0400. The van der Waals surface area contributed by atoms with Crippen molar-refractivity contribution in [3.63, 3.8) is 0 Å². The molecule has 13 heavy (non-hydrogen) atoms. The van der Waals surface area contributed by atoms with Crippen LogP contribution in [0, 0.1) is 17.3 Å². The van der Waals surface area contributed by atoms with E-state index in [4.69, 9.17) is 0 Å². The van der Waals surface area contributed by atoms with E-state index in [0.717, 1.165) is 24.7 Å². The Bertz CT molecular complexity index is 147. The van der Waals surface area contributed by atoms with Crippen molar-refractivity contribution >= 4 is 0 Å². The van der Waals surface area contributed by atoms with E-state index in [1.165, 1.54) is 12.8 Å². The summed E-state index contributed by atoms with van der Waals surface area (Å²) in [6.45, 7) is 8.72. The highest BCUT2D eigenvalue weighted by atomic mass is 16.3. The van der Waals surface area contributed by atoms with Gasteiger partial charge in [0.1, 0.15) is 0 Å². The first-order chi connectivity index (χ1) is 6.07. The van der Waals surface area contributed by atoms with Gasteiger partial charge in [-0.2, -0.15) is 0 Å². The SMILES string of the molecule is CC.CC1(C)C[C@H]2CC(O)C[C@H]2C1. The predicted octanol–water partition coefficient (Wildman–Crippen LogP) is 3.22. The highest BCUT2D eigenvalue weighted by Gasteiger charge is 2.44. The lowest BCUT2D eigenvalue weighted by Gasteiger charge is -2.18. The zero-order valence-corrected chi connectivity index (χ0v) is 9.51. The van der Waals surface area contributed by atoms with Crippen LogP contribution in [0.1, 0.15) is 53.4 Å². The molecule has 2 aliphatic carbocycles. The molecule has 1 heteroatoms. The molecule has 0 bridgehead atoms. The fourth-order valence-corrected chi connectivity index (χ4v) is 3.18. The lowest BCUT2D eigenvalue weighted by molar-refractivity contribution is 0.162. The summed E-state index contributed by atoms with van der Waals surface area (Å²) >= 11 is 0. The summed E-state index contributed by atoms with van der Waals surface area (Å²) < 4.78 is 0. The van der Waals surface area contributed by atoms with Gasteiger partial charge in [0.2, 0.25) is 0 Å². The Morgan fingerprint density at radius 2 is 1.38 bits per heavy atom. The Kier molecular flexibility index (Phi) is 3.39. The average molecular weight is 184 g/mol. The van der Waals surface area contributed by atoms with Crippen molar-refractivity contribution in [1.29, 1.82) is 0 Å². The highest BCUT2D eigenvalue weighted by molar-refractivity contribution is 4.95. The van der Waals surface area contributed by atoms with Gasteiger partial charge in [0.25, 0.3) is 0 Å². The monoisotopic (exact) mass is 184 g/mol. The van der Waals surface area contributed by atoms with Crippen LogP contribution >= 0.6 is 0 Å². The number of aliphatic hydroxyl groups excluding tert-OH is 1. The fraction of sp³-hybridized carbons (Fsp3) is 1.00. The molecule has 1 nitrogen and oxygen atoms in total. The Labute approximate surface area is 82.5 Å². The van der Waals surface area contributed by atoms with Crippen molar-refractivity contribution in [3.05, 3.63) is 0 Å². The van der Waals surface area contributed by atoms with Crippen LogP contribution in [0.4, 0.5) is 0 Å². The molecular weight excluding hydrogens is 160 g/mol. The van der Waals surface area contributed by atoms with Crippen LogP contribution in [0.25, 0.3) is 0 Å². The normalized spacial score (nSPS) is 40.8. The molecule has 78 valence electrons. The quantitative estimate of drug-likeness (QED) is 0.613. The van der Waals surface area contributed by atoms with E-state index in [9.17, 15) is 5.11 Å². The van der Waals surface area contributed by atoms with Crippen LogP contribution in [-0.4, -0.2) is 11.2 Å². The van der Waals surface area contributed by atoms with E-state index >= 15 is 0 Å². The van der Waals surface area contributed by atoms with Gasteiger partial charge in [0.15, 0.2) is 0 Å². The molecule has 2 fully saturated rings. The molecular formula is C12H24O. The molecule has 0 aromatic carbocycles. The molecule has 3 atom stereocenters. The highest BCUT2D eigenvalue weighted by Crippen LogP contribution is 2.52. The molecule has 1 unspecified atom stereocenters. The second kappa shape index (κ2) is 4.00. The minimum Gasteiger partial charge on any atom is -0.393 e. The largest absolute Gasteiger partial charge is 0.393 e. The van der Waals surface area contributed by atoms with Crippen LogP contribution in [0.15, 0.2) is 0 Å². The van der Waals surface area contributed by atoms with Crippen LogP contribution in [0.3, 0.4) is 0 Å². The number of rotatable bonds is 0. The summed E-state index contributed by atoms with van der Waals surface area (Å²) in [6.07, 6.45) is 4.87. The predicted molar refractivity (Wildman–Crippen MR) is 56.6 cm³/mol. The minimum atomic E-state index is 0.0288. The van der Waals surface area contributed by atoms with Crippen molar-refractivity contribution in [2.75, 3.05) is 0 Å². The van der Waals surface area contributed by atoms with E-state index in [1.54, 1.807) is 0 Å². The molecule has 0 saturated heterocycles. The summed E-state index contributed by atoms with van der Waals surface area (Å²) in [6, 6.07) is 0. The van der Waals surface area contributed by atoms with Crippen LogP contribution < -0.4 is 0 Å². The third kappa shape index (κ3) is 2.46. The van der Waals surface area contributed by atoms with Crippen LogP contribution in [0.5, 0.6) is 0 Å². The molecule has 0 spiro atoms. The number of hydrogen-bond donors (Lipinski definition) is 1. The van der Waals surface area contributed by atoms with Crippen LogP contribution in [-0.2, 0) is 0 Å². The van der Waals surface area contributed by atoms with Gasteiger partial charge in [-0.05, 0) is 42.9 Å². The lowest BCUT2D eigenvalue weighted by Crippen LogP contribution is -2.09. The molecule has 0 radical (unpaired) electrons. The molecule has 2 aliphatic rings. The van der Waals surface area contributed by atoms with Gasteiger partial charge in [-0.1, -0.05) is 27.7 Å². The summed E-state index contributed by atoms with van der Waals surface area (Å²) in [5.74, 6) is 1.69. The van der Waals surface area contributed by atoms with E-state index in [0.29, 0.717) is 5.41 Å². The Morgan fingerprint density at radius 3 is 1.77 bits per heavy atom. The van der Waals surface area contributed by atoms with Crippen LogP contribution in [0.2, 0.25) is 0 Å². The van der Waals surface area contributed by atoms with Crippen molar-refractivity contribution in [2.45, 2.75) is 59.5 Å². The number of hydrogen-bond acceptors (Lipinski definition) is 1. The van der Waals surface area contributed by atoms with Gasteiger partial charge >= 0.3 is 0 Å². The molecule has 0 aromatic heterocycles. The summed E-state index contributed by atoms with van der Waals surface area (Å²) in [4.78, 5) is 0. The zero-order valence-electron chi connectivity index (χ0n) is 9.51. The average Bonchev–Trinajstić information content (AvgIpc) is 2.44. The Balaban J connectivity index is 0.000000396. The molecule has 0 aliphatic heterocycles. The first-order valence-corrected chi connectivity index (χ1v) is 5.75. The van der Waals surface area contributed by atoms with E-state index < -0.39 is 0 Å². The number of aliphatic hydroxyl groups is 1. The van der Waals surface area contributed by atoms with Gasteiger partial charge in [0.05, 0.1) is 6.10 Å². The van der Waals surface area contributed by atoms with Gasteiger partial charge < -0.3 is 5.11 Å². The first-order valence-electron chi connectivity index (χ1n) is 5.75. The van der Waals surface area contributed by atoms with Crippen molar-refractivity contribution < 1.29 is 5.11 Å². The number of fused-ring (bicyclic) bond motifs is 1. The van der Waals surface area contributed by atoms with Crippen molar-refractivity contribution in [1.82, 2.24) is 0 Å². The maximum absolute atomic E-state index is 9.41. The van der Waals surface area contributed by atoms with Crippen molar-refractivity contribution in [3.8, 4) is 0 Å². The fourth-order valence-electron chi connectivity index (χ4n) is 3.18. The summed E-state index contributed by atoms with van der Waals surface area (Å²) in [5, 5.41) is 9.41. The molecule has 0 amide bonds. The standard InChI is InChI=1S/C10H18O.C2H6/c1-10(2)5-7-3-9(11)4-8(7)6-10;1-2/h7-9,11H,3-6H2,1-2H3;1-2H3/t7-,8+,9?;. The second-order valence-corrected chi connectivity index (χ2v) is 5.22. The van der Waals surface area contributed by atoms with Crippen molar-refractivity contribution in [2.24, 2.45) is 17.3 Å². The summed E-state index contributed by atoms with van der Waals surface area (Å²) in [5.41, 5.74) is 0.565. The molecule has 0 heterocycles. The van der Waals surface area contributed by atoms with Gasteiger partial charge in [0, 0.05) is 0 Å². The summed E-state index contributed by atoms with van der Waals surface area (Å²) in [7, 11) is 0. The lowest BCUT2D eigenvalue weighted by atomic mass is 9.88. The topological polar surface area (TPSA) is 20.2 Å². The van der Waals surface area contributed by atoms with Gasteiger partial charge in [-0.25, -0.2) is 0 Å². The van der Waals surface area contributed by atoms with Gasteiger partial charge in [-0.3, -0.25) is 0 Å². The molecule has 0 aromatic rings. The van der Waals surface area contributed by atoms with E-state index in [-0.39, 0.29) is 6.10 Å². The maximum Gasteiger partial charge on any atom is 0.0545 e. The Morgan fingerprint density at radius 1 is 1.00 bits per heavy atom. The van der Waals surface area contributed by atoms with E-state index in [2.05, 4.69) is 13.8 Å². The molecule has 2 saturated carbocycles. The first kappa shape index (κ1) is 11.0. The third-order valence-corrected chi connectivity index (χ3v) is 3.45. The second-order valence-electron chi connectivity index (χ2n) is 5.22.